The van der Waals surface area contributed by atoms with Gasteiger partial charge in [0, 0.05) is 19.6 Å². The fourth-order valence-corrected chi connectivity index (χ4v) is 3.09. The van der Waals surface area contributed by atoms with Gasteiger partial charge in [-0.25, -0.2) is 0 Å². The Balaban J connectivity index is 1.70. The van der Waals surface area contributed by atoms with Gasteiger partial charge in [-0.1, -0.05) is 38.1 Å². The number of carbonyl (C=O) groups excluding carboxylic acids is 1. The number of morpholine rings is 1. The number of rotatable bonds is 6. The van der Waals surface area contributed by atoms with Crippen molar-refractivity contribution in [2.45, 2.75) is 52.2 Å². The van der Waals surface area contributed by atoms with Crippen LogP contribution in [0.2, 0.25) is 0 Å². The van der Waals surface area contributed by atoms with E-state index in [0.717, 1.165) is 19.5 Å². The number of hydrogen-bond acceptors (Lipinski definition) is 3. The third kappa shape index (κ3) is 5.96. The summed E-state index contributed by atoms with van der Waals surface area (Å²) in [5.41, 5.74) is 2.62. The molecule has 4 nitrogen and oxygen atoms in total. The van der Waals surface area contributed by atoms with Gasteiger partial charge in [0.2, 0.25) is 5.91 Å². The fraction of sp³-hybridized carbons (Fsp3) is 0.632. The van der Waals surface area contributed by atoms with E-state index in [9.17, 15) is 4.79 Å². The van der Waals surface area contributed by atoms with Gasteiger partial charge in [0.25, 0.3) is 0 Å². The van der Waals surface area contributed by atoms with Crippen LogP contribution in [0.3, 0.4) is 0 Å². The highest BCUT2D eigenvalue weighted by Gasteiger charge is 2.23. The van der Waals surface area contributed by atoms with Crippen molar-refractivity contribution in [1.82, 2.24) is 10.2 Å². The lowest BCUT2D eigenvalue weighted by molar-refractivity contribution is -0.125. The highest BCUT2D eigenvalue weighted by atomic mass is 16.5. The van der Waals surface area contributed by atoms with Gasteiger partial charge in [-0.3, -0.25) is 9.69 Å². The lowest BCUT2D eigenvalue weighted by Gasteiger charge is -2.34. The average molecular weight is 318 g/mol. The van der Waals surface area contributed by atoms with Crippen molar-refractivity contribution in [3.8, 4) is 0 Å². The topological polar surface area (TPSA) is 41.6 Å². The summed E-state index contributed by atoms with van der Waals surface area (Å²) in [5.74, 6) is 0.659. The SMILES string of the molecule is CC(C)c1ccc(CCNC(=O)CN2C[C@@H](C)O[C@H](C)C2)cc1. The summed E-state index contributed by atoms with van der Waals surface area (Å²) in [6.45, 7) is 11.3. The molecule has 1 aliphatic heterocycles. The second-order valence-corrected chi connectivity index (χ2v) is 6.95. The molecule has 1 aromatic carbocycles. The third-order valence-electron chi connectivity index (χ3n) is 4.24. The van der Waals surface area contributed by atoms with Crippen molar-refractivity contribution in [3.63, 3.8) is 0 Å². The summed E-state index contributed by atoms with van der Waals surface area (Å²) < 4.78 is 5.69. The van der Waals surface area contributed by atoms with Gasteiger partial charge in [-0.05, 0) is 37.3 Å². The molecule has 1 aromatic rings. The molecular formula is C19H30N2O2. The molecule has 4 heteroatoms. The molecule has 23 heavy (non-hydrogen) atoms. The summed E-state index contributed by atoms with van der Waals surface area (Å²) in [6.07, 6.45) is 1.28. The van der Waals surface area contributed by atoms with Crippen LogP contribution >= 0.6 is 0 Å². The van der Waals surface area contributed by atoms with E-state index in [4.69, 9.17) is 4.74 Å². The van der Waals surface area contributed by atoms with Gasteiger partial charge < -0.3 is 10.1 Å². The third-order valence-corrected chi connectivity index (χ3v) is 4.24. The fourth-order valence-electron chi connectivity index (χ4n) is 3.09. The average Bonchev–Trinajstić information content (AvgIpc) is 2.46. The van der Waals surface area contributed by atoms with Gasteiger partial charge >= 0.3 is 0 Å². The molecule has 0 aliphatic carbocycles. The molecule has 0 bridgehead atoms. The molecule has 1 N–H and O–H groups in total. The molecule has 1 saturated heterocycles. The van der Waals surface area contributed by atoms with Gasteiger partial charge in [0.1, 0.15) is 0 Å². The van der Waals surface area contributed by atoms with E-state index in [0.29, 0.717) is 19.0 Å². The maximum absolute atomic E-state index is 12.1. The largest absolute Gasteiger partial charge is 0.373 e. The zero-order valence-corrected chi connectivity index (χ0v) is 14.8. The molecule has 0 unspecified atom stereocenters. The molecule has 128 valence electrons. The van der Waals surface area contributed by atoms with Crippen LogP contribution in [0.15, 0.2) is 24.3 Å². The Morgan fingerprint density at radius 3 is 2.39 bits per heavy atom. The summed E-state index contributed by atoms with van der Waals surface area (Å²) in [7, 11) is 0. The van der Waals surface area contributed by atoms with E-state index in [1.807, 2.05) is 0 Å². The van der Waals surface area contributed by atoms with Crippen LogP contribution in [-0.2, 0) is 16.0 Å². The van der Waals surface area contributed by atoms with Crippen LogP contribution in [-0.4, -0.2) is 49.2 Å². The Labute approximate surface area is 140 Å². The number of amides is 1. The molecular weight excluding hydrogens is 288 g/mol. The molecule has 0 aromatic heterocycles. The second kappa shape index (κ2) is 8.46. The molecule has 1 fully saturated rings. The predicted octanol–water partition coefficient (Wildman–Crippen LogP) is 2.58. The van der Waals surface area contributed by atoms with Crippen molar-refractivity contribution < 1.29 is 9.53 Å². The minimum Gasteiger partial charge on any atom is -0.373 e. The number of hydrogen-bond donors (Lipinski definition) is 1. The zero-order valence-electron chi connectivity index (χ0n) is 14.8. The Hall–Kier alpha value is -1.39. The van der Waals surface area contributed by atoms with Gasteiger partial charge in [-0.15, -0.1) is 0 Å². The van der Waals surface area contributed by atoms with Crippen LogP contribution in [0.25, 0.3) is 0 Å². The molecule has 1 aliphatic rings. The van der Waals surface area contributed by atoms with E-state index >= 15 is 0 Å². The highest BCUT2D eigenvalue weighted by Crippen LogP contribution is 2.14. The Kier molecular flexibility index (Phi) is 6.60. The van der Waals surface area contributed by atoms with E-state index in [2.05, 4.69) is 62.2 Å². The van der Waals surface area contributed by atoms with Crippen LogP contribution in [0, 0.1) is 0 Å². The first-order chi connectivity index (χ1) is 10.9. The minimum atomic E-state index is 0.102. The number of ether oxygens (including phenoxy) is 1. The molecule has 1 heterocycles. The first-order valence-electron chi connectivity index (χ1n) is 8.67. The van der Waals surface area contributed by atoms with E-state index in [1.54, 1.807) is 0 Å². The van der Waals surface area contributed by atoms with Crippen molar-refractivity contribution in [1.29, 1.82) is 0 Å². The van der Waals surface area contributed by atoms with Crippen molar-refractivity contribution in [2.75, 3.05) is 26.2 Å². The number of benzene rings is 1. The van der Waals surface area contributed by atoms with Crippen molar-refractivity contribution in [3.05, 3.63) is 35.4 Å². The van der Waals surface area contributed by atoms with Crippen LogP contribution < -0.4 is 5.32 Å². The Bertz CT molecular complexity index is 489. The van der Waals surface area contributed by atoms with E-state index in [1.165, 1.54) is 11.1 Å². The lowest BCUT2D eigenvalue weighted by Crippen LogP contribution is -2.49. The quantitative estimate of drug-likeness (QED) is 0.876. The number of nitrogens with zero attached hydrogens (tertiary/aromatic N) is 1. The summed E-state index contributed by atoms with van der Waals surface area (Å²) in [6, 6.07) is 8.68. The summed E-state index contributed by atoms with van der Waals surface area (Å²) in [5, 5.41) is 3.02. The zero-order chi connectivity index (χ0) is 16.8. The normalized spacial score (nSPS) is 22.3. The molecule has 2 atom stereocenters. The van der Waals surface area contributed by atoms with Gasteiger partial charge in [0.05, 0.1) is 18.8 Å². The first kappa shape index (κ1) is 18.0. The summed E-state index contributed by atoms with van der Waals surface area (Å²) in [4.78, 5) is 14.2. The molecule has 0 radical (unpaired) electrons. The number of nitrogens with one attached hydrogen (secondary N) is 1. The predicted molar refractivity (Wildman–Crippen MR) is 93.7 cm³/mol. The van der Waals surface area contributed by atoms with Crippen LogP contribution in [0.4, 0.5) is 0 Å². The molecule has 2 rings (SSSR count). The van der Waals surface area contributed by atoms with Crippen LogP contribution in [0.1, 0.15) is 44.7 Å². The van der Waals surface area contributed by atoms with Crippen molar-refractivity contribution >= 4 is 5.91 Å². The van der Waals surface area contributed by atoms with Gasteiger partial charge in [0.15, 0.2) is 0 Å². The Morgan fingerprint density at radius 2 is 1.83 bits per heavy atom. The van der Waals surface area contributed by atoms with Crippen LogP contribution in [0.5, 0.6) is 0 Å². The Morgan fingerprint density at radius 1 is 1.22 bits per heavy atom. The lowest BCUT2D eigenvalue weighted by atomic mass is 10.0. The smallest absolute Gasteiger partial charge is 0.234 e. The second-order valence-electron chi connectivity index (χ2n) is 6.95. The van der Waals surface area contributed by atoms with E-state index < -0.39 is 0 Å². The molecule has 0 saturated carbocycles. The highest BCUT2D eigenvalue weighted by molar-refractivity contribution is 5.78. The maximum atomic E-state index is 12.1. The van der Waals surface area contributed by atoms with Gasteiger partial charge in [-0.2, -0.15) is 0 Å². The van der Waals surface area contributed by atoms with Crippen molar-refractivity contribution in [2.24, 2.45) is 0 Å². The molecule has 0 spiro atoms. The maximum Gasteiger partial charge on any atom is 0.234 e. The standard InChI is InChI=1S/C19H30N2O2/c1-14(2)18-7-5-17(6-8-18)9-10-20-19(22)13-21-11-15(3)23-16(4)12-21/h5-8,14-16H,9-13H2,1-4H3,(H,20,22)/t15-,16-/m1/s1. The summed E-state index contributed by atoms with van der Waals surface area (Å²) >= 11 is 0. The number of carbonyl (C=O) groups is 1. The molecule has 1 amide bonds. The monoisotopic (exact) mass is 318 g/mol. The minimum absolute atomic E-state index is 0.102. The van der Waals surface area contributed by atoms with E-state index in [-0.39, 0.29) is 18.1 Å². The first-order valence-corrected chi connectivity index (χ1v) is 8.67.